The second kappa shape index (κ2) is 23.9. The van der Waals surface area contributed by atoms with Crippen molar-refractivity contribution in [2.75, 3.05) is 5.32 Å². The van der Waals surface area contributed by atoms with E-state index in [9.17, 15) is 0 Å². The molecular formula is C39H65N. The van der Waals surface area contributed by atoms with E-state index in [1.807, 2.05) is 0 Å². The van der Waals surface area contributed by atoms with Crippen molar-refractivity contribution in [2.45, 2.75) is 175 Å². The van der Waals surface area contributed by atoms with E-state index in [2.05, 4.69) is 68.6 Å². The molecule has 226 valence electrons. The lowest BCUT2D eigenvalue weighted by atomic mass is 9.96. The van der Waals surface area contributed by atoms with E-state index in [-0.39, 0.29) is 0 Å². The highest BCUT2D eigenvalue weighted by atomic mass is 14.9. The lowest BCUT2D eigenvalue weighted by molar-refractivity contribution is 0.587. The zero-order chi connectivity index (χ0) is 28.5. The molecular weight excluding hydrogens is 482 g/mol. The molecule has 1 heteroatoms. The van der Waals surface area contributed by atoms with Crippen LogP contribution in [0.25, 0.3) is 0 Å². The van der Waals surface area contributed by atoms with Crippen LogP contribution in [0.5, 0.6) is 0 Å². The van der Waals surface area contributed by atoms with Gasteiger partial charge in [0.2, 0.25) is 0 Å². The monoisotopic (exact) mass is 548 g/mol. The molecule has 0 heterocycles. The van der Waals surface area contributed by atoms with Crippen molar-refractivity contribution in [1.82, 2.24) is 0 Å². The zero-order valence-electron chi connectivity index (χ0n) is 27.0. The van der Waals surface area contributed by atoms with E-state index >= 15 is 0 Å². The predicted molar refractivity (Wildman–Crippen MR) is 181 cm³/mol. The number of hydrogen-bond donors (Lipinski definition) is 1. The van der Waals surface area contributed by atoms with Crippen molar-refractivity contribution in [1.29, 1.82) is 0 Å². The van der Waals surface area contributed by atoms with Gasteiger partial charge in [-0.2, -0.15) is 0 Å². The summed E-state index contributed by atoms with van der Waals surface area (Å²) in [5, 5.41) is 3.90. The summed E-state index contributed by atoms with van der Waals surface area (Å²) in [4.78, 5) is 0. The molecule has 40 heavy (non-hydrogen) atoms. The van der Waals surface area contributed by atoms with Crippen LogP contribution in [-0.2, 0) is 19.3 Å². The Bertz CT molecular complexity index is 800. The average molecular weight is 548 g/mol. The lowest BCUT2D eigenvalue weighted by Crippen LogP contribution is -2.02. The molecule has 0 aromatic heterocycles. The van der Waals surface area contributed by atoms with Gasteiger partial charge in [0.1, 0.15) is 0 Å². The maximum atomic E-state index is 3.90. The van der Waals surface area contributed by atoms with Gasteiger partial charge in [0, 0.05) is 11.4 Å². The summed E-state index contributed by atoms with van der Waals surface area (Å²) in [7, 11) is 0. The summed E-state index contributed by atoms with van der Waals surface area (Å²) in [5.41, 5.74) is 7.16. The molecule has 0 unspecified atom stereocenters. The molecule has 0 aliphatic rings. The van der Waals surface area contributed by atoms with Gasteiger partial charge in [0.05, 0.1) is 0 Å². The van der Waals surface area contributed by atoms with Crippen molar-refractivity contribution in [2.24, 2.45) is 0 Å². The SMILES string of the molecule is CCCCCCCCCc1ccc(Nc2c(CCCCCCCCC)cccc2CCCCCCCCC)cc1. The molecule has 0 saturated heterocycles. The number of para-hydroxylation sites is 1. The standard InChI is InChI=1S/C39H65N/c1-4-7-10-13-16-19-22-26-35-31-33-38(34-32-35)40-39-36(27-23-20-17-14-11-8-5-2)29-25-30-37(39)28-24-21-18-15-12-9-6-3/h25,29-34,40H,4-24,26-28H2,1-3H3. The number of hydrogen-bond acceptors (Lipinski definition) is 1. The number of unbranched alkanes of at least 4 members (excludes halogenated alkanes) is 18. The molecule has 1 nitrogen and oxygen atoms in total. The molecule has 0 spiro atoms. The number of anilines is 2. The Morgan fingerprint density at radius 3 is 1.20 bits per heavy atom. The maximum absolute atomic E-state index is 3.90. The fourth-order valence-electron chi connectivity index (χ4n) is 5.96. The topological polar surface area (TPSA) is 12.0 Å². The molecule has 0 fully saturated rings. The van der Waals surface area contributed by atoms with E-state index in [1.165, 1.54) is 182 Å². The Balaban J connectivity index is 1.93. The smallest absolute Gasteiger partial charge is 0.0449 e. The number of benzene rings is 2. The van der Waals surface area contributed by atoms with Gasteiger partial charge in [0.15, 0.2) is 0 Å². The Labute approximate surface area is 250 Å². The van der Waals surface area contributed by atoms with Crippen LogP contribution in [0.3, 0.4) is 0 Å². The highest BCUT2D eigenvalue weighted by Crippen LogP contribution is 2.29. The third-order valence-electron chi connectivity index (χ3n) is 8.63. The predicted octanol–water partition coefficient (Wildman–Crippen LogP) is 13.3. The Hall–Kier alpha value is -1.76. The molecule has 1 N–H and O–H groups in total. The van der Waals surface area contributed by atoms with Crippen LogP contribution in [0, 0.1) is 0 Å². The third kappa shape index (κ3) is 15.9. The van der Waals surface area contributed by atoms with E-state index in [4.69, 9.17) is 0 Å². The normalized spacial score (nSPS) is 11.3. The summed E-state index contributed by atoms with van der Waals surface area (Å²) in [6, 6.07) is 16.4. The first-order chi connectivity index (χ1) is 19.8. The summed E-state index contributed by atoms with van der Waals surface area (Å²) < 4.78 is 0. The minimum atomic E-state index is 1.19. The van der Waals surface area contributed by atoms with E-state index < -0.39 is 0 Å². The molecule has 2 rings (SSSR count). The molecule has 0 aliphatic heterocycles. The maximum Gasteiger partial charge on any atom is 0.0449 e. The fraction of sp³-hybridized carbons (Fsp3) is 0.692. The van der Waals surface area contributed by atoms with Crippen molar-refractivity contribution in [3.8, 4) is 0 Å². The Kier molecular flexibility index (Phi) is 20.6. The Morgan fingerprint density at radius 1 is 0.400 bits per heavy atom. The first kappa shape index (κ1) is 34.4. The molecule has 0 bridgehead atoms. The van der Waals surface area contributed by atoms with Crippen LogP contribution in [0.1, 0.15) is 172 Å². The van der Waals surface area contributed by atoms with Crippen molar-refractivity contribution >= 4 is 11.4 Å². The summed E-state index contributed by atoms with van der Waals surface area (Å²) in [5.74, 6) is 0. The summed E-state index contributed by atoms with van der Waals surface area (Å²) in [6.07, 6.45) is 32.5. The van der Waals surface area contributed by atoms with Gasteiger partial charge in [-0.3, -0.25) is 0 Å². The van der Waals surface area contributed by atoms with E-state index in [0.717, 1.165) is 0 Å². The minimum absolute atomic E-state index is 1.19. The molecule has 0 aliphatic carbocycles. The second-order valence-electron chi connectivity index (χ2n) is 12.4. The number of rotatable bonds is 26. The lowest BCUT2D eigenvalue weighted by Gasteiger charge is -2.18. The number of aryl methyl sites for hydroxylation is 3. The molecule has 0 atom stereocenters. The van der Waals surface area contributed by atoms with E-state index in [1.54, 1.807) is 0 Å². The second-order valence-corrected chi connectivity index (χ2v) is 12.4. The van der Waals surface area contributed by atoms with Crippen LogP contribution in [0.2, 0.25) is 0 Å². The van der Waals surface area contributed by atoms with Crippen LogP contribution in [-0.4, -0.2) is 0 Å². The first-order valence-corrected chi connectivity index (χ1v) is 17.7. The summed E-state index contributed by atoms with van der Waals surface area (Å²) >= 11 is 0. The Morgan fingerprint density at radius 2 is 0.775 bits per heavy atom. The minimum Gasteiger partial charge on any atom is -0.355 e. The fourth-order valence-corrected chi connectivity index (χ4v) is 5.96. The average Bonchev–Trinajstić information content (AvgIpc) is 2.97. The zero-order valence-corrected chi connectivity index (χ0v) is 27.0. The molecule has 0 radical (unpaired) electrons. The third-order valence-corrected chi connectivity index (χ3v) is 8.63. The molecule has 0 amide bonds. The molecule has 2 aromatic carbocycles. The number of nitrogens with one attached hydrogen (secondary N) is 1. The quantitative estimate of drug-likeness (QED) is 0.115. The van der Waals surface area contributed by atoms with Gasteiger partial charge >= 0.3 is 0 Å². The van der Waals surface area contributed by atoms with Gasteiger partial charge in [-0.1, -0.05) is 167 Å². The van der Waals surface area contributed by atoms with Gasteiger partial charge in [0.25, 0.3) is 0 Å². The highest BCUT2D eigenvalue weighted by molar-refractivity contribution is 5.67. The highest BCUT2D eigenvalue weighted by Gasteiger charge is 2.10. The molecule has 2 aromatic rings. The van der Waals surface area contributed by atoms with Crippen molar-refractivity contribution in [3.63, 3.8) is 0 Å². The van der Waals surface area contributed by atoms with Crippen molar-refractivity contribution in [3.05, 3.63) is 59.2 Å². The van der Waals surface area contributed by atoms with Crippen LogP contribution in [0.15, 0.2) is 42.5 Å². The summed E-state index contributed by atoms with van der Waals surface area (Å²) in [6.45, 7) is 6.90. The first-order valence-electron chi connectivity index (χ1n) is 17.7. The van der Waals surface area contributed by atoms with Crippen LogP contribution in [0.4, 0.5) is 11.4 Å². The largest absolute Gasteiger partial charge is 0.355 e. The van der Waals surface area contributed by atoms with E-state index in [0.29, 0.717) is 0 Å². The van der Waals surface area contributed by atoms with Crippen molar-refractivity contribution < 1.29 is 0 Å². The van der Waals surface area contributed by atoms with Crippen LogP contribution < -0.4 is 5.32 Å². The molecule has 0 saturated carbocycles. The van der Waals surface area contributed by atoms with Gasteiger partial charge in [-0.05, 0) is 67.3 Å². The van der Waals surface area contributed by atoms with Gasteiger partial charge in [-0.15, -0.1) is 0 Å². The van der Waals surface area contributed by atoms with Gasteiger partial charge in [-0.25, -0.2) is 0 Å². The van der Waals surface area contributed by atoms with Crippen LogP contribution >= 0.6 is 0 Å². The van der Waals surface area contributed by atoms with Gasteiger partial charge < -0.3 is 5.32 Å².